The number of para-hydroxylation sites is 1. The van der Waals surface area contributed by atoms with Gasteiger partial charge in [0.25, 0.3) is 5.91 Å². The smallest absolute Gasteiger partial charge is 0.432 e. The molecule has 0 unspecified atom stereocenters. The van der Waals surface area contributed by atoms with Crippen molar-refractivity contribution in [3.8, 4) is 0 Å². The Balaban J connectivity index is 1.77. The van der Waals surface area contributed by atoms with Crippen molar-refractivity contribution in [2.45, 2.75) is 39.0 Å². The van der Waals surface area contributed by atoms with Crippen molar-refractivity contribution in [2.75, 3.05) is 31.5 Å². The largest absolute Gasteiger partial charge is 0.444 e. The van der Waals surface area contributed by atoms with Gasteiger partial charge in [-0.1, -0.05) is 35.9 Å². The molecule has 0 saturated carbocycles. The number of rotatable bonds is 5. The lowest BCUT2D eigenvalue weighted by Gasteiger charge is -2.26. The Labute approximate surface area is 224 Å². The van der Waals surface area contributed by atoms with Crippen LogP contribution >= 0.6 is 11.6 Å². The highest BCUT2D eigenvalue weighted by Crippen LogP contribution is 2.28. The maximum absolute atomic E-state index is 13.1. The molecule has 1 aliphatic heterocycles. The van der Waals surface area contributed by atoms with E-state index in [2.05, 4.69) is 5.32 Å². The molecule has 0 radical (unpaired) electrons. The van der Waals surface area contributed by atoms with Gasteiger partial charge in [-0.15, -0.1) is 0 Å². The molecular formula is C27H30ClF3N4O3. The van der Waals surface area contributed by atoms with Crippen LogP contribution in [0.1, 0.15) is 43.1 Å². The number of hydrogen-bond acceptors (Lipinski definition) is 5. The minimum atomic E-state index is -4.83. The van der Waals surface area contributed by atoms with Crippen LogP contribution in [0, 0.1) is 5.41 Å². The molecule has 1 heterocycles. The van der Waals surface area contributed by atoms with Gasteiger partial charge in [0.2, 0.25) is 0 Å². The van der Waals surface area contributed by atoms with Gasteiger partial charge in [0.1, 0.15) is 11.3 Å². The lowest BCUT2D eigenvalue weighted by atomic mass is 10.1. The highest BCUT2D eigenvalue weighted by Gasteiger charge is 2.33. The van der Waals surface area contributed by atoms with E-state index in [0.717, 1.165) is 0 Å². The topological polar surface area (TPSA) is 85.7 Å². The second-order valence-corrected chi connectivity index (χ2v) is 10.2. The monoisotopic (exact) mass is 550 g/mol. The minimum absolute atomic E-state index is 0.00204. The van der Waals surface area contributed by atoms with E-state index in [4.69, 9.17) is 21.7 Å². The van der Waals surface area contributed by atoms with Crippen LogP contribution in [0.2, 0.25) is 5.02 Å². The average Bonchev–Trinajstić information content (AvgIpc) is 3.09. The second kappa shape index (κ2) is 11.9. The van der Waals surface area contributed by atoms with E-state index in [1.807, 2.05) is 0 Å². The number of ether oxygens (including phenoxy) is 1. The molecule has 1 aliphatic rings. The number of halogens is 4. The summed E-state index contributed by atoms with van der Waals surface area (Å²) < 4.78 is 44.7. The number of nitrogens with one attached hydrogen (secondary N) is 2. The lowest BCUT2D eigenvalue weighted by molar-refractivity contribution is -0.0584. The number of nitrogens with zero attached hydrogens (tertiary/aromatic N) is 2. The maximum atomic E-state index is 13.1. The zero-order valence-corrected chi connectivity index (χ0v) is 22.1. The molecule has 0 bridgehead atoms. The number of benzene rings is 2. The van der Waals surface area contributed by atoms with Crippen molar-refractivity contribution in [3.63, 3.8) is 0 Å². The summed E-state index contributed by atoms with van der Waals surface area (Å²) in [4.78, 5) is 28.8. The van der Waals surface area contributed by atoms with Gasteiger partial charge in [0.05, 0.1) is 10.7 Å². The Morgan fingerprint density at radius 1 is 0.947 bits per heavy atom. The van der Waals surface area contributed by atoms with Gasteiger partial charge < -0.3 is 19.9 Å². The predicted octanol–water partition coefficient (Wildman–Crippen LogP) is 6.46. The van der Waals surface area contributed by atoms with Crippen LogP contribution in [0.3, 0.4) is 0 Å². The average molecular weight is 551 g/mol. The molecule has 0 atom stereocenters. The molecule has 38 heavy (non-hydrogen) atoms. The summed E-state index contributed by atoms with van der Waals surface area (Å²) in [7, 11) is 0. The Morgan fingerprint density at radius 2 is 1.53 bits per heavy atom. The SMILES string of the molecule is CC(C)(C)OC(=O)N1CCCN(C(=O)c2ccc(/C(=C/C(=N)C(F)(F)F)Nc3ccccc3Cl)cc2)CC1. The molecule has 204 valence electrons. The molecule has 0 spiro atoms. The van der Waals surface area contributed by atoms with Gasteiger partial charge in [-0.2, -0.15) is 13.2 Å². The lowest BCUT2D eigenvalue weighted by Crippen LogP contribution is -2.40. The van der Waals surface area contributed by atoms with Crippen molar-refractivity contribution in [3.05, 3.63) is 70.8 Å². The normalized spacial score (nSPS) is 15.1. The summed E-state index contributed by atoms with van der Waals surface area (Å²) in [5.41, 5.74) is -1.10. The van der Waals surface area contributed by atoms with Gasteiger partial charge in [-0.25, -0.2) is 4.79 Å². The molecule has 2 amide bonds. The standard InChI is InChI=1S/C27H30ClF3N4O3/c1-26(2,3)38-25(37)35-14-6-13-34(15-16-35)24(36)19-11-9-18(10-12-19)22(17-23(32)27(29,30)31)33-21-8-5-4-7-20(21)28/h4-5,7-12,17,32-33H,6,13-16H2,1-3H3/b22-17-,32-23?. The first kappa shape index (κ1) is 29.0. The number of anilines is 1. The van der Waals surface area contributed by atoms with Crippen molar-refractivity contribution < 1.29 is 27.5 Å². The third kappa shape index (κ3) is 7.98. The summed E-state index contributed by atoms with van der Waals surface area (Å²) in [6.45, 7) is 6.93. The van der Waals surface area contributed by atoms with E-state index >= 15 is 0 Å². The van der Waals surface area contributed by atoms with E-state index in [1.54, 1.807) is 54.8 Å². The van der Waals surface area contributed by atoms with E-state index in [0.29, 0.717) is 60.5 Å². The van der Waals surface area contributed by atoms with Crippen molar-refractivity contribution in [2.24, 2.45) is 0 Å². The number of carbonyl (C=O) groups excluding carboxylic acids is 2. The van der Waals surface area contributed by atoms with Gasteiger partial charge in [0.15, 0.2) is 0 Å². The number of hydrogen-bond donors (Lipinski definition) is 2. The van der Waals surface area contributed by atoms with E-state index in [-0.39, 0.29) is 11.6 Å². The van der Waals surface area contributed by atoms with Crippen LogP contribution in [0.15, 0.2) is 54.6 Å². The van der Waals surface area contributed by atoms with Crippen molar-refractivity contribution in [1.82, 2.24) is 9.80 Å². The Hall–Kier alpha value is -3.53. The first-order valence-electron chi connectivity index (χ1n) is 12.0. The molecule has 1 saturated heterocycles. The maximum Gasteiger partial charge on any atom is 0.432 e. The zero-order chi connectivity index (χ0) is 28.1. The van der Waals surface area contributed by atoms with E-state index < -0.39 is 23.6 Å². The molecule has 0 aromatic heterocycles. The van der Waals surface area contributed by atoms with Crippen molar-refractivity contribution in [1.29, 1.82) is 5.41 Å². The fourth-order valence-electron chi connectivity index (χ4n) is 3.73. The third-order valence-electron chi connectivity index (χ3n) is 5.61. The van der Waals surface area contributed by atoms with E-state index in [1.165, 1.54) is 24.3 Å². The first-order valence-corrected chi connectivity index (χ1v) is 12.4. The van der Waals surface area contributed by atoms with Crippen molar-refractivity contribution >= 4 is 40.7 Å². The second-order valence-electron chi connectivity index (χ2n) is 9.76. The highest BCUT2D eigenvalue weighted by molar-refractivity contribution is 6.33. The van der Waals surface area contributed by atoms with Gasteiger partial charge >= 0.3 is 12.3 Å². The Bertz CT molecular complexity index is 1210. The number of carbonyl (C=O) groups is 2. The fourth-order valence-corrected chi connectivity index (χ4v) is 3.91. The van der Waals surface area contributed by atoms with Crippen LogP contribution in [-0.2, 0) is 4.74 Å². The summed E-state index contributed by atoms with van der Waals surface area (Å²) in [6.07, 6.45) is -3.99. The quantitative estimate of drug-likeness (QED) is 0.418. The summed E-state index contributed by atoms with van der Waals surface area (Å²) >= 11 is 6.16. The fraction of sp³-hybridized carbons (Fsp3) is 0.370. The molecule has 11 heteroatoms. The Morgan fingerprint density at radius 3 is 2.13 bits per heavy atom. The summed E-state index contributed by atoms with van der Waals surface area (Å²) in [5, 5.41) is 10.6. The Kier molecular flexibility index (Phi) is 9.09. The molecule has 7 nitrogen and oxygen atoms in total. The molecule has 2 aromatic rings. The molecular weight excluding hydrogens is 521 g/mol. The van der Waals surface area contributed by atoms with Crippen LogP contribution in [0.4, 0.5) is 23.7 Å². The third-order valence-corrected chi connectivity index (χ3v) is 5.94. The van der Waals surface area contributed by atoms with Crippen LogP contribution in [0.5, 0.6) is 0 Å². The molecule has 1 fully saturated rings. The van der Waals surface area contributed by atoms with E-state index in [9.17, 15) is 22.8 Å². The summed E-state index contributed by atoms with van der Waals surface area (Å²) in [5.74, 6) is -0.254. The minimum Gasteiger partial charge on any atom is -0.444 e. The van der Waals surface area contributed by atoms with Gasteiger partial charge in [-0.3, -0.25) is 10.2 Å². The predicted molar refractivity (Wildman–Crippen MR) is 142 cm³/mol. The van der Waals surface area contributed by atoms with Gasteiger partial charge in [-0.05, 0) is 63.1 Å². The van der Waals surface area contributed by atoms with Crippen LogP contribution in [-0.4, -0.2) is 65.5 Å². The summed E-state index contributed by atoms with van der Waals surface area (Å²) in [6, 6.07) is 12.6. The molecule has 2 N–H and O–H groups in total. The zero-order valence-electron chi connectivity index (χ0n) is 21.4. The van der Waals surface area contributed by atoms with Crippen LogP contribution < -0.4 is 5.32 Å². The molecule has 2 aromatic carbocycles. The number of amides is 2. The number of alkyl halides is 3. The molecule has 0 aliphatic carbocycles. The van der Waals surface area contributed by atoms with Gasteiger partial charge in [0, 0.05) is 37.4 Å². The number of allylic oxidation sites excluding steroid dienone is 1. The van der Waals surface area contributed by atoms with Crippen LogP contribution in [0.25, 0.3) is 5.70 Å². The highest BCUT2D eigenvalue weighted by atomic mass is 35.5. The first-order chi connectivity index (χ1) is 17.7. The molecule has 3 rings (SSSR count).